The van der Waals surface area contributed by atoms with Crippen LogP contribution in [0.3, 0.4) is 0 Å². The Morgan fingerprint density at radius 2 is 1.73 bits per heavy atom. The molecular formula is C26H26F6N2O2S. The second-order valence-electron chi connectivity index (χ2n) is 10.2. The topological polar surface area (TPSA) is 51.1 Å². The van der Waals surface area contributed by atoms with Crippen molar-refractivity contribution in [2.45, 2.75) is 69.2 Å². The third-order valence-electron chi connectivity index (χ3n) is 7.68. The molecule has 3 aromatic rings. The summed E-state index contributed by atoms with van der Waals surface area (Å²) in [6, 6.07) is 8.82. The van der Waals surface area contributed by atoms with Crippen LogP contribution in [0.5, 0.6) is 0 Å². The number of rotatable bonds is 7. The van der Waals surface area contributed by atoms with E-state index in [9.17, 15) is 34.8 Å². The van der Waals surface area contributed by atoms with E-state index in [0.717, 1.165) is 12.5 Å². The zero-order chi connectivity index (χ0) is 26.8. The van der Waals surface area contributed by atoms with Crippen molar-refractivity contribution >= 4 is 20.9 Å². The second kappa shape index (κ2) is 8.76. The predicted molar refractivity (Wildman–Crippen MR) is 128 cm³/mol. The largest absolute Gasteiger partial charge is 0.417 e. The van der Waals surface area contributed by atoms with Crippen molar-refractivity contribution in [2.75, 3.05) is 0 Å². The summed E-state index contributed by atoms with van der Waals surface area (Å²) in [5, 5.41) is 0.00348. The molecule has 1 N–H and O–H groups in total. The van der Waals surface area contributed by atoms with Crippen LogP contribution in [0, 0.1) is 5.41 Å². The molecule has 5 rings (SSSR count). The number of halogens is 6. The third-order valence-corrected chi connectivity index (χ3v) is 9.71. The summed E-state index contributed by atoms with van der Waals surface area (Å²) in [6.07, 6.45) is -5.67. The molecular weight excluding hydrogens is 518 g/mol. The molecule has 2 aromatic carbocycles. The first kappa shape index (κ1) is 26.1. The summed E-state index contributed by atoms with van der Waals surface area (Å²) >= 11 is 0. The molecule has 0 amide bonds. The third kappa shape index (κ3) is 4.76. The van der Waals surface area contributed by atoms with Crippen molar-refractivity contribution < 1.29 is 34.8 Å². The highest BCUT2D eigenvalue weighted by Crippen LogP contribution is 2.59. The summed E-state index contributed by atoms with van der Waals surface area (Å²) in [6.45, 7) is 1.23. The van der Waals surface area contributed by atoms with Crippen molar-refractivity contribution in [1.29, 1.82) is 0 Å². The minimum absolute atomic E-state index is 0.0357. The number of fused-ring (bicyclic) bond motifs is 1. The zero-order valence-electron chi connectivity index (χ0n) is 20.0. The molecule has 4 nitrogen and oxygen atoms in total. The number of nitrogens with one attached hydrogen (secondary N) is 1. The highest BCUT2D eigenvalue weighted by Gasteiger charge is 2.63. The Morgan fingerprint density at radius 1 is 1.05 bits per heavy atom. The van der Waals surface area contributed by atoms with Crippen LogP contribution in [0.15, 0.2) is 48.7 Å². The molecule has 37 heavy (non-hydrogen) atoms. The van der Waals surface area contributed by atoms with Crippen molar-refractivity contribution in [1.82, 2.24) is 9.29 Å². The lowest BCUT2D eigenvalue weighted by atomic mass is 9.97. The molecule has 2 aliphatic carbocycles. The number of hydrogen-bond donors (Lipinski definition) is 1. The Labute approximate surface area is 210 Å². The second-order valence-corrected chi connectivity index (χ2v) is 12.2. The van der Waals surface area contributed by atoms with Gasteiger partial charge in [0.25, 0.3) is 0 Å². The number of nitrogens with zero attached hydrogens (tertiary/aromatic N) is 1. The molecule has 0 unspecified atom stereocenters. The molecule has 0 spiro atoms. The van der Waals surface area contributed by atoms with Gasteiger partial charge >= 0.3 is 12.4 Å². The molecule has 1 heterocycles. The summed E-state index contributed by atoms with van der Waals surface area (Å²) in [5.41, 5.74) is -1.80. The van der Waals surface area contributed by atoms with Crippen LogP contribution in [0.25, 0.3) is 22.0 Å². The lowest BCUT2D eigenvalue weighted by Crippen LogP contribution is -2.39. The van der Waals surface area contributed by atoms with Gasteiger partial charge in [-0.2, -0.15) is 26.3 Å². The minimum Gasteiger partial charge on any atom is -0.346 e. The Bertz CT molecular complexity index is 1430. The molecule has 2 saturated carbocycles. The summed E-state index contributed by atoms with van der Waals surface area (Å²) in [5.74, 6) is 0. The highest BCUT2D eigenvalue weighted by molar-refractivity contribution is 7.90. The maximum atomic E-state index is 13.8. The first-order valence-corrected chi connectivity index (χ1v) is 13.6. The van der Waals surface area contributed by atoms with E-state index >= 15 is 0 Å². The number of hydrogen-bond acceptors (Lipinski definition) is 2. The van der Waals surface area contributed by atoms with Gasteiger partial charge in [-0.05, 0) is 61.4 Å². The van der Waals surface area contributed by atoms with Gasteiger partial charge in [-0.25, -0.2) is 13.1 Å². The van der Waals surface area contributed by atoms with Crippen LogP contribution in [-0.2, 0) is 22.7 Å². The minimum atomic E-state index is -4.61. The van der Waals surface area contributed by atoms with E-state index < -0.39 is 44.6 Å². The van der Waals surface area contributed by atoms with Gasteiger partial charge in [0.2, 0.25) is 10.0 Å². The van der Waals surface area contributed by atoms with Gasteiger partial charge in [-0.1, -0.05) is 36.8 Å². The van der Waals surface area contributed by atoms with Crippen LogP contribution >= 0.6 is 0 Å². The lowest BCUT2D eigenvalue weighted by molar-refractivity contribution is -0.190. The van der Waals surface area contributed by atoms with E-state index in [1.54, 1.807) is 13.0 Å². The molecule has 1 aromatic heterocycles. The average Bonchev–Trinajstić information content (AvgIpc) is 3.46. The average molecular weight is 545 g/mol. The number of aromatic nitrogens is 1. The van der Waals surface area contributed by atoms with Crippen LogP contribution in [0.4, 0.5) is 26.3 Å². The van der Waals surface area contributed by atoms with Crippen molar-refractivity contribution in [2.24, 2.45) is 5.41 Å². The van der Waals surface area contributed by atoms with Gasteiger partial charge < -0.3 is 4.57 Å². The molecule has 0 saturated heterocycles. The van der Waals surface area contributed by atoms with Crippen LogP contribution in [-0.4, -0.2) is 24.4 Å². The highest BCUT2D eigenvalue weighted by atomic mass is 32.2. The molecule has 2 fully saturated rings. The standard InChI is InChI=1S/C26H26F6N2O2S/c1-16(33-37(35,36)18-5-4-6-18)21-14-34(15-24(11-12-24)26(30,31)32)23-13-17(9-10-20(21)23)19-7-2-3-8-22(19)25(27,28)29/h2-3,7-10,13-14,16,18,33H,4-6,11-12,15H2,1H3/t16-/m1/s1. The molecule has 0 radical (unpaired) electrons. The van der Waals surface area contributed by atoms with E-state index in [2.05, 4.69) is 4.72 Å². The molecule has 1 atom stereocenters. The number of alkyl halides is 6. The van der Waals surface area contributed by atoms with Crippen LogP contribution in [0.1, 0.15) is 56.2 Å². The van der Waals surface area contributed by atoms with Gasteiger partial charge in [0.1, 0.15) is 0 Å². The summed E-state index contributed by atoms with van der Waals surface area (Å²) in [4.78, 5) is 0. The van der Waals surface area contributed by atoms with Gasteiger partial charge in [-0.3, -0.25) is 0 Å². The monoisotopic (exact) mass is 544 g/mol. The Hall–Kier alpha value is -2.53. The fraction of sp³-hybridized carbons (Fsp3) is 0.462. The van der Waals surface area contributed by atoms with E-state index in [1.807, 2.05) is 0 Å². The first-order valence-electron chi connectivity index (χ1n) is 12.1. The Morgan fingerprint density at radius 3 is 2.30 bits per heavy atom. The molecule has 2 aliphatic rings. The molecule has 0 aliphatic heterocycles. The van der Waals surface area contributed by atoms with Gasteiger partial charge in [0.05, 0.1) is 16.2 Å². The summed E-state index contributed by atoms with van der Waals surface area (Å²) in [7, 11) is -3.61. The number of benzene rings is 2. The van der Waals surface area contributed by atoms with Gasteiger partial charge in [0.15, 0.2) is 0 Å². The van der Waals surface area contributed by atoms with Gasteiger partial charge in [-0.15, -0.1) is 0 Å². The fourth-order valence-electron chi connectivity index (χ4n) is 5.04. The summed E-state index contributed by atoms with van der Waals surface area (Å²) < 4.78 is 112. The van der Waals surface area contributed by atoms with Crippen molar-refractivity contribution in [3.05, 3.63) is 59.8 Å². The molecule has 200 valence electrons. The van der Waals surface area contributed by atoms with E-state index in [0.29, 0.717) is 29.3 Å². The molecule has 0 bridgehead atoms. The normalized spacial score (nSPS) is 19.1. The number of sulfonamides is 1. The molecule has 11 heteroatoms. The van der Waals surface area contributed by atoms with E-state index in [4.69, 9.17) is 0 Å². The Balaban J connectivity index is 1.61. The zero-order valence-corrected chi connectivity index (χ0v) is 20.8. The van der Waals surface area contributed by atoms with Crippen LogP contribution < -0.4 is 4.72 Å². The fourth-order valence-corrected chi connectivity index (χ4v) is 6.81. The Kier molecular flexibility index (Phi) is 6.18. The van der Waals surface area contributed by atoms with Gasteiger partial charge in [0, 0.05) is 29.7 Å². The van der Waals surface area contributed by atoms with E-state index in [-0.39, 0.29) is 30.5 Å². The smallest absolute Gasteiger partial charge is 0.346 e. The van der Waals surface area contributed by atoms with Crippen molar-refractivity contribution in [3.63, 3.8) is 0 Å². The first-order chi connectivity index (χ1) is 17.2. The SMILES string of the molecule is C[C@@H](NS(=O)(=O)C1CCC1)c1cn(CC2(C(F)(F)F)CC2)c2cc(-c3ccccc3C(F)(F)F)ccc12. The lowest BCUT2D eigenvalue weighted by Gasteiger charge is -2.27. The maximum absolute atomic E-state index is 13.8. The van der Waals surface area contributed by atoms with E-state index in [1.165, 1.54) is 41.1 Å². The maximum Gasteiger partial charge on any atom is 0.417 e. The van der Waals surface area contributed by atoms with Crippen molar-refractivity contribution in [3.8, 4) is 11.1 Å². The predicted octanol–water partition coefficient (Wildman–Crippen LogP) is 7.20. The van der Waals surface area contributed by atoms with Crippen LogP contribution in [0.2, 0.25) is 0 Å². The quantitative estimate of drug-likeness (QED) is 0.320.